The average molecular weight is 512 g/mol. The van der Waals surface area contributed by atoms with Crippen molar-refractivity contribution < 1.29 is 8.78 Å². The molecule has 2 aromatic rings. The number of H-pyrrole nitrogens is 1. The first kappa shape index (κ1) is 33.3. The van der Waals surface area contributed by atoms with Crippen LogP contribution in [0.1, 0.15) is 53.0 Å². The van der Waals surface area contributed by atoms with Gasteiger partial charge in [-0.05, 0) is 54.7 Å². The van der Waals surface area contributed by atoms with Gasteiger partial charge in [0.2, 0.25) is 0 Å². The maximum atomic E-state index is 12.7. The Morgan fingerprint density at radius 3 is 2.27 bits per heavy atom. The number of rotatable bonds is 9. The van der Waals surface area contributed by atoms with Crippen molar-refractivity contribution in [2.75, 3.05) is 14.1 Å². The van der Waals surface area contributed by atoms with Gasteiger partial charge in [-0.25, -0.2) is 8.78 Å². The van der Waals surface area contributed by atoms with E-state index >= 15 is 0 Å². The Morgan fingerprint density at radius 1 is 1.16 bits per heavy atom. The molecule has 2 N–H and O–H groups in total. The largest absolute Gasteiger partial charge is 0.388 e. The van der Waals surface area contributed by atoms with Crippen molar-refractivity contribution in [3.05, 3.63) is 113 Å². The molecule has 0 aliphatic heterocycles. The number of aromatic amines is 1. The fraction of sp³-hybridized carbons (Fsp3) is 0.323. The van der Waals surface area contributed by atoms with E-state index < -0.39 is 5.92 Å². The Morgan fingerprint density at radius 2 is 1.78 bits per heavy atom. The number of alkyl halides is 2. The summed E-state index contributed by atoms with van der Waals surface area (Å²) in [6, 6.07) is 7.70. The first-order valence-electron chi connectivity index (χ1n) is 12.4. The Hall–Kier alpha value is -3.67. The molecule has 0 fully saturated rings. The maximum absolute atomic E-state index is 12.7. The molecular formula is C31H43F2N3O. The van der Waals surface area contributed by atoms with Crippen LogP contribution in [0.2, 0.25) is 0 Å². The highest BCUT2D eigenvalue weighted by Crippen LogP contribution is 2.28. The van der Waals surface area contributed by atoms with E-state index in [-0.39, 0.29) is 11.1 Å². The molecule has 37 heavy (non-hydrogen) atoms. The molecule has 2 rings (SSSR count). The van der Waals surface area contributed by atoms with Crippen LogP contribution >= 0.6 is 0 Å². The molecule has 0 saturated carbocycles. The molecule has 4 nitrogen and oxygen atoms in total. The number of aromatic nitrogens is 1. The van der Waals surface area contributed by atoms with Crippen molar-refractivity contribution in [1.29, 1.82) is 0 Å². The normalized spacial score (nSPS) is 12.0. The molecule has 0 saturated heterocycles. The standard InChI is InChI=1S/C18H20N2O.C10H15F2N.C3H8/c1-5-8-17(20(4)13(3)6-2)15-9-7-10-16-14(15)11-12-19-18(16)21;1-5-6-9(13-4)7-8(2)10(3,11)12;1-3-2/h6-12H,2-3,5H2,1,4H3,(H,19,21);5-7,13H,1H2,2-4H3;3H2,1-2H3/b17-8-;8-7+,9-6+;. The predicted octanol–water partition coefficient (Wildman–Crippen LogP) is 8.20. The maximum Gasteiger partial charge on any atom is 0.266 e. The summed E-state index contributed by atoms with van der Waals surface area (Å²) in [4.78, 5) is 16.7. The summed E-state index contributed by atoms with van der Waals surface area (Å²) in [5.41, 5.74) is 3.43. The van der Waals surface area contributed by atoms with Crippen molar-refractivity contribution >= 4 is 16.5 Å². The molecule has 1 heterocycles. The first-order chi connectivity index (χ1) is 17.4. The number of allylic oxidation sites excluding steroid dienone is 6. The molecule has 0 unspecified atom stereocenters. The second-order valence-electron chi connectivity index (χ2n) is 8.36. The zero-order valence-electron chi connectivity index (χ0n) is 23.4. The second-order valence-corrected chi connectivity index (χ2v) is 8.36. The van der Waals surface area contributed by atoms with Gasteiger partial charge >= 0.3 is 0 Å². The highest BCUT2D eigenvalue weighted by molar-refractivity contribution is 5.93. The molecule has 0 radical (unpaired) electrons. The van der Waals surface area contributed by atoms with E-state index in [1.54, 1.807) is 31.5 Å². The van der Waals surface area contributed by atoms with E-state index in [0.29, 0.717) is 11.1 Å². The summed E-state index contributed by atoms with van der Waals surface area (Å²) >= 11 is 0. The highest BCUT2D eigenvalue weighted by atomic mass is 19.3. The van der Waals surface area contributed by atoms with Gasteiger partial charge in [0, 0.05) is 55.3 Å². The third kappa shape index (κ3) is 10.9. The van der Waals surface area contributed by atoms with Gasteiger partial charge in [-0.15, -0.1) is 0 Å². The lowest BCUT2D eigenvalue weighted by atomic mass is 10.0. The Kier molecular flexibility index (Phi) is 15.2. The van der Waals surface area contributed by atoms with Gasteiger partial charge in [-0.3, -0.25) is 4.79 Å². The number of benzene rings is 1. The van der Waals surface area contributed by atoms with Crippen molar-refractivity contribution in [3.8, 4) is 0 Å². The van der Waals surface area contributed by atoms with Crippen molar-refractivity contribution in [2.45, 2.75) is 53.4 Å². The number of fused-ring (bicyclic) bond motifs is 1. The third-order valence-corrected chi connectivity index (χ3v) is 5.17. The number of likely N-dealkylation sites (N-methyl/N-ethyl adjacent to an activating group) is 2. The monoisotopic (exact) mass is 511 g/mol. The Bertz CT molecular complexity index is 1180. The summed E-state index contributed by atoms with van der Waals surface area (Å²) in [7, 11) is 3.63. The van der Waals surface area contributed by atoms with Crippen LogP contribution in [0.5, 0.6) is 0 Å². The SMILES string of the molecule is C=C/C=C(\C=C(/C)C(C)(F)F)NC.C=CC(=C)N(C)/C(=C\CC)c1cccc2c(=O)[nH]ccc12.CCC. The minimum atomic E-state index is -2.77. The van der Waals surface area contributed by atoms with Gasteiger partial charge in [-0.1, -0.05) is 71.2 Å². The summed E-state index contributed by atoms with van der Waals surface area (Å²) in [5, 5.41) is 4.41. The second kappa shape index (κ2) is 16.9. The summed E-state index contributed by atoms with van der Waals surface area (Å²) in [6.07, 6.45) is 12.3. The van der Waals surface area contributed by atoms with Gasteiger partial charge in [0.05, 0.1) is 0 Å². The van der Waals surface area contributed by atoms with E-state index in [0.717, 1.165) is 35.7 Å². The van der Waals surface area contributed by atoms with Crippen LogP contribution in [0.3, 0.4) is 0 Å². The van der Waals surface area contributed by atoms with Crippen molar-refractivity contribution in [1.82, 2.24) is 15.2 Å². The van der Waals surface area contributed by atoms with Crippen molar-refractivity contribution in [2.24, 2.45) is 0 Å². The number of halogens is 2. The van der Waals surface area contributed by atoms with Gasteiger partial charge < -0.3 is 15.2 Å². The summed E-state index contributed by atoms with van der Waals surface area (Å²) in [6.45, 7) is 19.9. The molecule has 0 spiro atoms. The van der Waals surface area contributed by atoms with Crippen LogP contribution in [-0.4, -0.2) is 29.9 Å². The van der Waals surface area contributed by atoms with Gasteiger partial charge in [-0.2, -0.15) is 0 Å². The van der Waals surface area contributed by atoms with Crippen LogP contribution in [0.15, 0.2) is 102 Å². The molecule has 1 aromatic carbocycles. The molecule has 202 valence electrons. The predicted molar refractivity (Wildman–Crippen MR) is 158 cm³/mol. The fourth-order valence-corrected chi connectivity index (χ4v) is 3.05. The molecule has 0 aliphatic carbocycles. The van der Waals surface area contributed by atoms with E-state index in [4.69, 9.17) is 0 Å². The fourth-order valence-electron chi connectivity index (χ4n) is 3.05. The van der Waals surface area contributed by atoms with Gasteiger partial charge in [0.25, 0.3) is 11.5 Å². The third-order valence-electron chi connectivity index (χ3n) is 5.17. The molecule has 0 amide bonds. The topological polar surface area (TPSA) is 48.1 Å². The molecular weight excluding hydrogens is 468 g/mol. The molecule has 1 aromatic heterocycles. The lowest BCUT2D eigenvalue weighted by Crippen LogP contribution is -2.15. The van der Waals surface area contributed by atoms with Gasteiger partial charge in [0.15, 0.2) is 0 Å². The van der Waals surface area contributed by atoms with Crippen LogP contribution in [0, 0.1) is 0 Å². The number of hydrogen-bond acceptors (Lipinski definition) is 3. The van der Waals surface area contributed by atoms with E-state index in [2.05, 4.69) is 56.9 Å². The quantitative estimate of drug-likeness (QED) is 0.334. The van der Waals surface area contributed by atoms with E-state index in [1.165, 1.54) is 19.4 Å². The molecule has 6 heteroatoms. The summed E-state index contributed by atoms with van der Waals surface area (Å²) in [5.74, 6) is -2.77. The van der Waals surface area contributed by atoms with Crippen LogP contribution in [-0.2, 0) is 0 Å². The molecule has 0 bridgehead atoms. The number of hydrogen-bond donors (Lipinski definition) is 2. The van der Waals surface area contributed by atoms with E-state index in [1.807, 2.05) is 36.2 Å². The zero-order chi connectivity index (χ0) is 28.6. The van der Waals surface area contributed by atoms with Crippen LogP contribution < -0.4 is 10.9 Å². The molecule has 0 aliphatic rings. The Balaban J connectivity index is 0.000000696. The van der Waals surface area contributed by atoms with Crippen molar-refractivity contribution in [3.63, 3.8) is 0 Å². The summed E-state index contributed by atoms with van der Waals surface area (Å²) < 4.78 is 25.4. The van der Waals surface area contributed by atoms with Crippen LogP contribution in [0.25, 0.3) is 16.5 Å². The highest BCUT2D eigenvalue weighted by Gasteiger charge is 2.23. The minimum absolute atomic E-state index is 0.0231. The number of pyridine rings is 1. The van der Waals surface area contributed by atoms with E-state index in [9.17, 15) is 13.6 Å². The lowest BCUT2D eigenvalue weighted by Gasteiger charge is -2.24. The number of nitrogens with zero attached hydrogens (tertiary/aromatic N) is 1. The van der Waals surface area contributed by atoms with Crippen LogP contribution in [0.4, 0.5) is 8.78 Å². The minimum Gasteiger partial charge on any atom is -0.388 e. The Labute approximate surface area is 221 Å². The first-order valence-corrected chi connectivity index (χ1v) is 12.4. The lowest BCUT2D eigenvalue weighted by molar-refractivity contribution is 0.0634. The molecule has 0 atom stereocenters. The van der Waals surface area contributed by atoms with Gasteiger partial charge in [0.1, 0.15) is 0 Å². The number of nitrogens with one attached hydrogen (secondary N) is 2. The smallest absolute Gasteiger partial charge is 0.266 e. The zero-order valence-corrected chi connectivity index (χ0v) is 23.4. The average Bonchev–Trinajstić information content (AvgIpc) is 2.86.